The molecule has 3 heterocycles. The number of rotatable bonds is 6. The fourth-order valence-corrected chi connectivity index (χ4v) is 3.67. The highest BCUT2D eigenvalue weighted by Crippen LogP contribution is 2.23. The van der Waals surface area contributed by atoms with Crippen LogP contribution >= 0.6 is 11.9 Å². The largest absolute Gasteiger partial charge is 0.404 e. The average molecular weight is 400 g/mol. The highest BCUT2D eigenvalue weighted by atomic mass is 32.2. The van der Waals surface area contributed by atoms with E-state index in [-0.39, 0.29) is 0 Å². The third-order valence-corrected chi connectivity index (χ3v) is 5.72. The first-order chi connectivity index (χ1) is 13.5. The minimum absolute atomic E-state index is 0.299. The van der Waals surface area contributed by atoms with Crippen LogP contribution in [0.3, 0.4) is 0 Å². The van der Waals surface area contributed by atoms with Crippen molar-refractivity contribution >= 4 is 34.5 Å². The molecule has 0 spiro atoms. The van der Waals surface area contributed by atoms with Gasteiger partial charge in [0.15, 0.2) is 0 Å². The molecule has 1 aliphatic rings. The molecule has 0 radical (unpaired) electrons. The van der Waals surface area contributed by atoms with Crippen LogP contribution in [0.25, 0.3) is 11.0 Å². The average Bonchev–Trinajstić information content (AvgIpc) is 2.71. The molecule has 0 amide bonds. The van der Waals surface area contributed by atoms with Gasteiger partial charge in [-0.15, -0.1) is 0 Å². The molecule has 0 saturated carbocycles. The number of fused-ring (bicyclic) bond motifs is 1. The van der Waals surface area contributed by atoms with Gasteiger partial charge in [0.05, 0.1) is 22.9 Å². The van der Waals surface area contributed by atoms with Crippen molar-refractivity contribution < 1.29 is 0 Å². The highest BCUT2D eigenvalue weighted by Gasteiger charge is 2.17. The van der Waals surface area contributed by atoms with Crippen LogP contribution in [0.1, 0.15) is 13.8 Å². The minimum atomic E-state index is 0.299. The van der Waals surface area contributed by atoms with Gasteiger partial charge in [0.1, 0.15) is 11.6 Å². The Morgan fingerprint density at radius 1 is 1.21 bits per heavy atom. The molecule has 1 saturated heterocycles. The number of hydrogen-bond acceptors (Lipinski definition) is 8. The normalized spacial score (nSPS) is 16.8. The summed E-state index contributed by atoms with van der Waals surface area (Å²) in [6, 6.07) is 5.94. The van der Waals surface area contributed by atoms with Crippen LogP contribution < -0.4 is 21.7 Å². The van der Waals surface area contributed by atoms with Gasteiger partial charge in [0.2, 0.25) is 0 Å². The summed E-state index contributed by atoms with van der Waals surface area (Å²) in [5.74, 6) is 1.50. The fraction of sp³-hybridized carbons (Fsp3) is 0.400. The SMILES string of the molecule is CSN1CCN(c2cnc3ccc(N/C(N)=C/C(=C\N)C(C)C)nc3c2)CC1. The van der Waals surface area contributed by atoms with Gasteiger partial charge in [-0.2, -0.15) is 0 Å². The fourth-order valence-electron chi connectivity index (χ4n) is 3.14. The van der Waals surface area contributed by atoms with Crippen molar-refractivity contribution in [1.29, 1.82) is 0 Å². The van der Waals surface area contributed by atoms with Crippen molar-refractivity contribution in [3.63, 3.8) is 0 Å². The van der Waals surface area contributed by atoms with E-state index in [0.29, 0.717) is 17.6 Å². The van der Waals surface area contributed by atoms with Gasteiger partial charge in [-0.05, 0) is 48.2 Å². The molecule has 0 atom stereocenters. The lowest BCUT2D eigenvalue weighted by atomic mass is 10.0. The number of nitrogens with two attached hydrogens (primary N) is 2. The number of nitrogens with one attached hydrogen (secondary N) is 1. The van der Waals surface area contributed by atoms with E-state index in [1.165, 1.54) is 0 Å². The molecule has 0 unspecified atom stereocenters. The maximum Gasteiger partial charge on any atom is 0.132 e. The zero-order valence-corrected chi connectivity index (χ0v) is 17.5. The monoisotopic (exact) mass is 399 g/mol. The third-order valence-electron chi connectivity index (χ3n) is 4.84. The Morgan fingerprint density at radius 3 is 2.61 bits per heavy atom. The summed E-state index contributed by atoms with van der Waals surface area (Å²) in [7, 11) is 0. The molecule has 3 rings (SSSR count). The number of pyridine rings is 2. The predicted molar refractivity (Wildman–Crippen MR) is 120 cm³/mol. The molecule has 150 valence electrons. The summed E-state index contributed by atoms with van der Waals surface area (Å²) < 4.78 is 2.38. The molecule has 1 fully saturated rings. The molecule has 0 bridgehead atoms. The van der Waals surface area contributed by atoms with Gasteiger partial charge in [-0.1, -0.05) is 25.8 Å². The number of nitrogens with zero attached hydrogens (tertiary/aromatic N) is 4. The number of aromatic nitrogens is 2. The van der Waals surface area contributed by atoms with E-state index >= 15 is 0 Å². The predicted octanol–water partition coefficient (Wildman–Crippen LogP) is 2.74. The van der Waals surface area contributed by atoms with Crippen molar-refractivity contribution in [2.45, 2.75) is 13.8 Å². The molecule has 28 heavy (non-hydrogen) atoms. The number of anilines is 2. The van der Waals surface area contributed by atoms with E-state index < -0.39 is 0 Å². The van der Waals surface area contributed by atoms with E-state index in [2.05, 4.69) is 45.7 Å². The molecular formula is C20H29N7S. The van der Waals surface area contributed by atoms with Crippen LogP contribution in [0.4, 0.5) is 11.5 Å². The highest BCUT2D eigenvalue weighted by molar-refractivity contribution is 7.96. The molecular weight excluding hydrogens is 370 g/mol. The zero-order valence-electron chi connectivity index (χ0n) is 16.7. The Bertz CT molecular complexity index is 870. The van der Waals surface area contributed by atoms with Crippen molar-refractivity contribution in [1.82, 2.24) is 14.3 Å². The minimum Gasteiger partial charge on any atom is -0.404 e. The smallest absolute Gasteiger partial charge is 0.132 e. The topological polar surface area (TPSA) is 96.3 Å². The second-order valence-electron chi connectivity index (χ2n) is 7.07. The standard InChI is InChI=1S/C20H29N7S/c1-14(2)15(12-21)10-19(22)25-20-5-4-17-18(24-20)11-16(13-23-17)26-6-8-27(28-3)9-7-26/h4-5,10-14H,6-9,21-22H2,1-3H3,(H,24,25)/b15-12+,19-10+. The molecule has 2 aromatic heterocycles. The summed E-state index contributed by atoms with van der Waals surface area (Å²) >= 11 is 1.80. The molecule has 5 N–H and O–H groups in total. The Morgan fingerprint density at radius 2 is 1.96 bits per heavy atom. The first-order valence-corrected chi connectivity index (χ1v) is 10.6. The molecule has 2 aromatic rings. The van der Waals surface area contributed by atoms with Gasteiger partial charge in [-0.25, -0.2) is 9.29 Å². The van der Waals surface area contributed by atoms with Gasteiger partial charge < -0.3 is 21.7 Å². The van der Waals surface area contributed by atoms with Crippen LogP contribution in [-0.2, 0) is 0 Å². The lowest BCUT2D eigenvalue weighted by molar-refractivity contribution is 0.431. The maximum atomic E-state index is 6.12. The Hall–Kier alpha value is -2.45. The molecule has 0 aliphatic carbocycles. The Balaban J connectivity index is 1.78. The van der Waals surface area contributed by atoms with E-state index in [1.54, 1.807) is 18.1 Å². The van der Waals surface area contributed by atoms with Crippen LogP contribution in [0.15, 0.2) is 48.1 Å². The van der Waals surface area contributed by atoms with Crippen LogP contribution in [0.5, 0.6) is 0 Å². The van der Waals surface area contributed by atoms with E-state index in [9.17, 15) is 0 Å². The summed E-state index contributed by atoms with van der Waals surface area (Å²) in [5.41, 5.74) is 15.6. The quantitative estimate of drug-likeness (QED) is 0.504. The molecule has 1 aliphatic heterocycles. The van der Waals surface area contributed by atoms with Crippen LogP contribution in [0, 0.1) is 5.92 Å². The summed E-state index contributed by atoms with van der Waals surface area (Å²) in [5, 5.41) is 3.15. The van der Waals surface area contributed by atoms with Crippen molar-refractivity contribution in [3.05, 3.63) is 48.1 Å². The van der Waals surface area contributed by atoms with Gasteiger partial charge >= 0.3 is 0 Å². The Labute approximate surface area is 171 Å². The van der Waals surface area contributed by atoms with Crippen LogP contribution in [-0.4, -0.2) is 46.7 Å². The molecule has 0 aromatic carbocycles. The number of piperazine rings is 1. The Kier molecular flexibility index (Phi) is 6.64. The summed E-state index contributed by atoms with van der Waals surface area (Å²) in [4.78, 5) is 11.6. The van der Waals surface area contributed by atoms with Gasteiger partial charge in [0.25, 0.3) is 0 Å². The van der Waals surface area contributed by atoms with E-state index in [1.807, 2.05) is 24.4 Å². The van der Waals surface area contributed by atoms with Crippen molar-refractivity contribution in [2.75, 3.05) is 42.7 Å². The van der Waals surface area contributed by atoms with Crippen molar-refractivity contribution in [3.8, 4) is 0 Å². The third kappa shape index (κ3) is 4.88. The maximum absolute atomic E-state index is 6.12. The second-order valence-corrected chi connectivity index (χ2v) is 7.95. The first-order valence-electron chi connectivity index (χ1n) is 9.47. The van der Waals surface area contributed by atoms with E-state index in [0.717, 1.165) is 48.5 Å². The van der Waals surface area contributed by atoms with Gasteiger partial charge in [0, 0.05) is 26.2 Å². The molecule has 7 nitrogen and oxygen atoms in total. The second kappa shape index (κ2) is 9.16. The first kappa shape index (κ1) is 20.3. The number of hydrogen-bond donors (Lipinski definition) is 3. The van der Waals surface area contributed by atoms with Crippen molar-refractivity contribution in [2.24, 2.45) is 17.4 Å². The van der Waals surface area contributed by atoms with E-state index in [4.69, 9.17) is 16.5 Å². The lowest BCUT2D eigenvalue weighted by Gasteiger charge is -2.34. The lowest BCUT2D eigenvalue weighted by Crippen LogP contribution is -2.43. The van der Waals surface area contributed by atoms with Crippen LogP contribution in [0.2, 0.25) is 0 Å². The number of allylic oxidation sites excluding steroid dienone is 2. The zero-order chi connectivity index (χ0) is 20.1. The summed E-state index contributed by atoms with van der Waals surface area (Å²) in [6.07, 6.45) is 7.48. The summed E-state index contributed by atoms with van der Waals surface area (Å²) in [6.45, 7) is 8.22. The molecule has 8 heteroatoms. The van der Waals surface area contributed by atoms with Gasteiger partial charge in [-0.3, -0.25) is 4.98 Å².